The molecule has 39 heavy (non-hydrogen) atoms. The summed E-state index contributed by atoms with van der Waals surface area (Å²) >= 11 is 0. The highest BCUT2D eigenvalue weighted by molar-refractivity contribution is 6.08. The number of aromatic hydroxyl groups is 1. The van der Waals surface area contributed by atoms with Gasteiger partial charge in [0.25, 0.3) is 0 Å². The van der Waals surface area contributed by atoms with Gasteiger partial charge in [0.15, 0.2) is 0 Å². The number of amides is 4. The maximum atomic E-state index is 13.6. The first-order valence-corrected chi connectivity index (χ1v) is 13.2. The molecule has 206 valence electrons. The van der Waals surface area contributed by atoms with Gasteiger partial charge in [-0.25, -0.2) is 0 Å². The van der Waals surface area contributed by atoms with Gasteiger partial charge in [0.05, 0.1) is 23.7 Å². The van der Waals surface area contributed by atoms with E-state index in [-0.39, 0.29) is 68.7 Å². The molecule has 3 N–H and O–H groups in total. The Kier molecular flexibility index (Phi) is 7.00. The Bertz CT molecular complexity index is 1270. The summed E-state index contributed by atoms with van der Waals surface area (Å²) in [5, 5.41) is 27.8. The van der Waals surface area contributed by atoms with E-state index >= 15 is 0 Å². The van der Waals surface area contributed by atoms with Gasteiger partial charge in [-0.05, 0) is 49.3 Å². The molecule has 3 fully saturated rings. The summed E-state index contributed by atoms with van der Waals surface area (Å²) in [7, 11) is 0. The molecule has 2 saturated heterocycles. The highest BCUT2D eigenvalue weighted by atomic mass is 16.4. The Labute approximate surface area is 224 Å². The molecule has 0 aromatic heterocycles. The van der Waals surface area contributed by atoms with E-state index in [0.717, 1.165) is 15.4 Å². The van der Waals surface area contributed by atoms with Crippen molar-refractivity contribution in [2.24, 2.45) is 29.6 Å². The van der Waals surface area contributed by atoms with Gasteiger partial charge in [0.1, 0.15) is 5.75 Å². The number of benzene rings is 1. The lowest BCUT2D eigenvalue weighted by molar-refractivity contribution is -0.143. The zero-order chi connectivity index (χ0) is 28.0. The number of carboxylic acids is 2. The predicted molar refractivity (Wildman–Crippen MR) is 133 cm³/mol. The van der Waals surface area contributed by atoms with Crippen LogP contribution < -0.4 is 0 Å². The molecule has 0 unspecified atom stereocenters. The standard InChI is InChI=1S/C28H30N2O9/c31-15-7-5-14(6-8-15)22-16-9-10-17-23(27(38)29(25(17)36)11-1-3-20(32)33)18(16)13-19-24(22)28(39)30(26(19)37)12-2-4-21(34)35/h5-9,17-19,22-24,31H,1-4,10-13H2,(H,32,33)(H,34,35)/t17-,18+,19+,22-,23-,24+/m0/s1. The molecule has 1 saturated carbocycles. The van der Waals surface area contributed by atoms with Gasteiger partial charge in [-0.1, -0.05) is 23.8 Å². The molecule has 4 aliphatic rings. The molecule has 6 atom stereocenters. The van der Waals surface area contributed by atoms with Crippen molar-refractivity contribution in [1.82, 2.24) is 9.80 Å². The summed E-state index contributed by atoms with van der Waals surface area (Å²) in [6.45, 7) is 0.00500. The number of carbonyl (C=O) groups is 6. The number of aliphatic carboxylic acids is 2. The number of allylic oxidation sites excluding steroid dienone is 2. The van der Waals surface area contributed by atoms with Crippen LogP contribution in [0.4, 0.5) is 0 Å². The topological polar surface area (TPSA) is 170 Å². The monoisotopic (exact) mass is 538 g/mol. The number of likely N-dealkylation sites (tertiary alicyclic amines) is 2. The van der Waals surface area contributed by atoms with Crippen LogP contribution in [0.25, 0.3) is 0 Å². The van der Waals surface area contributed by atoms with Crippen LogP contribution in [0.2, 0.25) is 0 Å². The largest absolute Gasteiger partial charge is 0.508 e. The number of phenols is 1. The molecule has 1 aromatic rings. The Morgan fingerprint density at radius 3 is 1.85 bits per heavy atom. The lowest BCUT2D eigenvalue weighted by atomic mass is 9.57. The number of hydrogen-bond acceptors (Lipinski definition) is 7. The third-order valence-corrected chi connectivity index (χ3v) is 8.63. The maximum absolute atomic E-state index is 13.6. The average molecular weight is 539 g/mol. The van der Waals surface area contributed by atoms with Crippen molar-refractivity contribution in [2.75, 3.05) is 13.1 Å². The van der Waals surface area contributed by atoms with Crippen molar-refractivity contribution in [3.05, 3.63) is 41.5 Å². The minimum absolute atomic E-state index is 0.0101. The molecule has 2 heterocycles. The SMILES string of the molecule is O=C(O)CCCN1C(=O)[C@H]2[C@H](CC=C3[C@H]2C[C@H]2C(=O)N(CCCC(=O)O)C(=O)[C@H]2[C@H]3c2ccc(O)cc2)C1=O. The molecular formula is C28H30N2O9. The highest BCUT2D eigenvalue weighted by Gasteiger charge is 2.61. The Balaban J connectivity index is 1.49. The van der Waals surface area contributed by atoms with Crippen LogP contribution >= 0.6 is 0 Å². The third-order valence-electron chi connectivity index (χ3n) is 8.63. The molecule has 11 nitrogen and oxygen atoms in total. The van der Waals surface area contributed by atoms with Crippen LogP contribution in [0.5, 0.6) is 5.75 Å². The van der Waals surface area contributed by atoms with Crippen molar-refractivity contribution in [1.29, 1.82) is 0 Å². The minimum atomic E-state index is -1.02. The second-order valence-corrected chi connectivity index (χ2v) is 10.8. The van der Waals surface area contributed by atoms with Gasteiger partial charge in [-0.2, -0.15) is 0 Å². The number of carbonyl (C=O) groups excluding carboxylic acids is 4. The fraction of sp³-hybridized carbons (Fsp3) is 0.500. The second kappa shape index (κ2) is 10.3. The van der Waals surface area contributed by atoms with E-state index in [1.165, 1.54) is 12.1 Å². The molecular weight excluding hydrogens is 508 g/mol. The Hall–Kier alpha value is -4.02. The van der Waals surface area contributed by atoms with Gasteiger partial charge in [0.2, 0.25) is 23.6 Å². The van der Waals surface area contributed by atoms with Crippen molar-refractivity contribution < 1.29 is 44.1 Å². The summed E-state index contributed by atoms with van der Waals surface area (Å²) < 4.78 is 0. The number of hydrogen-bond donors (Lipinski definition) is 3. The molecule has 5 rings (SSSR count). The summed E-state index contributed by atoms with van der Waals surface area (Å²) in [6.07, 6.45) is 2.36. The lowest BCUT2D eigenvalue weighted by Crippen LogP contribution is -2.43. The Morgan fingerprint density at radius 1 is 0.744 bits per heavy atom. The van der Waals surface area contributed by atoms with E-state index in [9.17, 15) is 33.9 Å². The van der Waals surface area contributed by atoms with Crippen molar-refractivity contribution in [3.63, 3.8) is 0 Å². The fourth-order valence-corrected chi connectivity index (χ4v) is 6.99. The zero-order valence-corrected chi connectivity index (χ0v) is 21.2. The summed E-state index contributed by atoms with van der Waals surface area (Å²) in [5.41, 5.74) is 1.53. The molecule has 11 heteroatoms. The fourth-order valence-electron chi connectivity index (χ4n) is 6.99. The number of carboxylic acid groups (broad SMARTS) is 2. The molecule has 2 aliphatic carbocycles. The van der Waals surface area contributed by atoms with Crippen LogP contribution in [0, 0.1) is 29.6 Å². The number of rotatable bonds is 9. The minimum Gasteiger partial charge on any atom is -0.508 e. The molecule has 0 spiro atoms. The first kappa shape index (κ1) is 26.6. The molecule has 2 aliphatic heterocycles. The van der Waals surface area contributed by atoms with E-state index in [0.29, 0.717) is 12.0 Å². The highest BCUT2D eigenvalue weighted by Crippen LogP contribution is 2.57. The number of phenolic OH excluding ortho intramolecular Hbond substituents is 1. The summed E-state index contributed by atoms with van der Waals surface area (Å²) in [4.78, 5) is 78.1. The van der Waals surface area contributed by atoms with E-state index in [1.807, 2.05) is 6.08 Å². The molecule has 1 aromatic carbocycles. The predicted octanol–water partition coefficient (Wildman–Crippen LogP) is 1.76. The van der Waals surface area contributed by atoms with Crippen LogP contribution in [0.15, 0.2) is 35.9 Å². The number of nitrogens with zero attached hydrogens (tertiary/aromatic N) is 2. The average Bonchev–Trinajstić information content (AvgIpc) is 3.27. The molecule has 0 bridgehead atoms. The van der Waals surface area contributed by atoms with Crippen molar-refractivity contribution in [3.8, 4) is 5.75 Å². The van der Waals surface area contributed by atoms with Gasteiger partial charge in [0, 0.05) is 31.8 Å². The van der Waals surface area contributed by atoms with Gasteiger partial charge >= 0.3 is 11.9 Å². The van der Waals surface area contributed by atoms with E-state index < -0.39 is 53.4 Å². The van der Waals surface area contributed by atoms with Crippen molar-refractivity contribution in [2.45, 2.75) is 44.4 Å². The van der Waals surface area contributed by atoms with E-state index in [2.05, 4.69) is 0 Å². The van der Waals surface area contributed by atoms with Crippen LogP contribution in [0.3, 0.4) is 0 Å². The van der Waals surface area contributed by atoms with E-state index in [1.54, 1.807) is 12.1 Å². The zero-order valence-electron chi connectivity index (χ0n) is 21.2. The second-order valence-electron chi connectivity index (χ2n) is 10.8. The first-order valence-electron chi connectivity index (χ1n) is 13.2. The maximum Gasteiger partial charge on any atom is 0.303 e. The normalized spacial score (nSPS) is 29.7. The third kappa shape index (κ3) is 4.59. The molecule has 4 amide bonds. The van der Waals surface area contributed by atoms with Crippen LogP contribution in [-0.2, 0) is 28.8 Å². The van der Waals surface area contributed by atoms with Gasteiger partial charge in [-0.3, -0.25) is 38.6 Å². The number of fused-ring (bicyclic) bond motifs is 4. The van der Waals surface area contributed by atoms with E-state index in [4.69, 9.17) is 10.2 Å². The van der Waals surface area contributed by atoms with Gasteiger partial charge < -0.3 is 15.3 Å². The van der Waals surface area contributed by atoms with Crippen LogP contribution in [0.1, 0.15) is 50.0 Å². The quantitative estimate of drug-likeness (QED) is 0.313. The smallest absolute Gasteiger partial charge is 0.303 e. The summed E-state index contributed by atoms with van der Waals surface area (Å²) in [6, 6.07) is 6.38. The first-order chi connectivity index (χ1) is 18.6. The molecule has 0 radical (unpaired) electrons. The van der Waals surface area contributed by atoms with Gasteiger partial charge in [-0.15, -0.1) is 0 Å². The summed E-state index contributed by atoms with van der Waals surface area (Å²) in [5.74, 6) is -7.24. The van der Waals surface area contributed by atoms with Crippen LogP contribution in [-0.4, -0.2) is 73.8 Å². The lowest BCUT2D eigenvalue weighted by Gasteiger charge is -2.44. The van der Waals surface area contributed by atoms with Crippen molar-refractivity contribution >= 4 is 35.6 Å². The Morgan fingerprint density at radius 2 is 1.28 bits per heavy atom. The number of imide groups is 2.